The maximum atomic E-state index is 5.45. The molecule has 48 heavy (non-hydrogen) atoms. The maximum absolute atomic E-state index is 5.45. The summed E-state index contributed by atoms with van der Waals surface area (Å²) in [6.45, 7) is 4.69. The lowest BCUT2D eigenvalue weighted by atomic mass is 9.65. The SMILES string of the molecule is CC1C=CC2=C(C1)c1ccccc1C(C)(c1cc(-c3cc4ccccc4c4ccccc34)nc(-c3ccc(-c4ccccn4)cc3)n1)C2. The predicted molar refractivity (Wildman–Crippen MR) is 199 cm³/mol. The second-order valence-corrected chi connectivity index (χ2v) is 13.5. The van der Waals surface area contributed by atoms with Gasteiger partial charge in [-0.1, -0.05) is 122 Å². The molecule has 0 spiro atoms. The summed E-state index contributed by atoms with van der Waals surface area (Å²) in [7, 11) is 0. The van der Waals surface area contributed by atoms with Gasteiger partial charge in [0.2, 0.25) is 0 Å². The molecule has 2 aliphatic carbocycles. The molecule has 0 saturated carbocycles. The maximum Gasteiger partial charge on any atom is 0.160 e. The van der Waals surface area contributed by atoms with Gasteiger partial charge in [0.15, 0.2) is 5.82 Å². The first-order valence-corrected chi connectivity index (χ1v) is 16.9. The Morgan fingerprint density at radius 1 is 0.646 bits per heavy atom. The third-order valence-electron chi connectivity index (χ3n) is 10.4. The van der Waals surface area contributed by atoms with Crippen molar-refractivity contribution in [2.75, 3.05) is 0 Å². The Hall–Kier alpha value is -5.67. The zero-order valence-electron chi connectivity index (χ0n) is 27.2. The molecule has 0 fully saturated rings. The highest BCUT2D eigenvalue weighted by atomic mass is 14.9. The largest absolute Gasteiger partial charge is 0.256 e. The van der Waals surface area contributed by atoms with Crippen LogP contribution in [0.1, 0.15) is 43.5 Å². The van der Waals surface area contributed by atoms with Gasteiger partial charge in [-0.25, -0.2) is 9.97 Å². The molecular formula is C45H35N3. The number of hydrogen-bond donors (Lipinski definition) is 0. The zero-order valence-corrected chi connectivity index (χ0v) is 27.2. The highest BCUT2D eigenvalue weighted by molar-refractivity contribution is 6.13. The molecule has 2 atom stereocenters. The van der Waals surface area contributed by atoms with Gasteiger partial charge in [0.05, 0.1) is 17.1 Å². The molecule has 5 aromatic carbocycles. The van der Waals surface area contributed by atoms with Crippen molar-refractivity contribution in [3.63, 3.8) is 0 Å². The van der Waals surface area contributed by atoms with Crippen molar-refractivity contribution in [1.29, 1.82) is 0 Å². The van der Waals surface area contributed by atoms with E-state index in [0.29, 0.717) is 5.92 Å². The Kier molecular flexibility index (Phi) is 6.69. The minimum absolute atomic E-state index is 0.340. The van der Waals surface area contributed by atoms with E-state index in [1.807, 2.05) is 24.4 Å². The van der Waals surface area contributed by atoms with Gasteiger partial charge in [-0.05, 0) is 93.8 Å². The van der Waals surface area contributed by atoms with Crippen molar-refractivity contribution in [3.05, 3.63) is 168 Å². The fraction of sp³-hybridized carbons (Fsp3) is 0.133. The van der Waals surface area contributed by atoms with Gasteiger partial charge >= 0.3 is 0 Å². The van der Waals surface area contributed by atoms with Crippen LogP contribution in [-0.4, -0.2) is 15.0 Å². The molecule has 3 heteroatoms. The fourth-order valence-corrected chi connectivity index (χ4v) is 7.87. The standard InChI is InChI=1S/C45H35N3/c1-29-18-19-33-28-45(2,40-16-8-7-15-37(40)38(33)25-29)43-27-42(39-26-32-11-3-4-12-34(32)35-13-5-6-14-36(35)39)47-44(48-43)31-22-20-30(21-23-31)41-17-9-10-24-46-41/h3-24,26-27,29H,25,28H2,1-2H3. The van der Waals surface area contributed by atoms with Gasteiger partial charge in [-0.3, -0.25) is 4.98 Å². The van der Waals surface area contributed by atoms with Crippen LogP contribution in [0.3, 0.4) is 0 Å². The van der Waals surface area contributed by atoms with E-state index >= 15 is 0 Å². The first-order chi connectivity index (χ1) is 23.5. The van der Waals surface area contributed by atoms with Gasteiger partial charge in [0, 0.05) is 28.3 Å². The summed E-state index contributed by atoms with van der Waals surface area (Å²) in [6.07, 6.45) is 8.55. The van der Waals surface area contributed by atoms with Crippen LogP contribution in [0.2, 0.25) is 0 Å². The summed E-state index contributed by atoms with van der Waals surface area (Å²) in [6, 6.07) is 45.4. The van der Waals surface area contributed by atoms with E-state index in [1.165, 1.54) is 43.8 Å². The topological polar surface area (TPSA) is 38.7 Å². The minimum Gasteiger partial charge on any atom is -0.256 e. The number of nitrogens with zero attached hydrogens (tertiary/aromatic N) is 3. The molecule has 9 rings (SSSR count). The van der Waals surface area contributed by atoms with Gasteiger partial charge in [0.1, 0.15) is 0 Å². The number of benzene rings is 5. The molecule has 0 aliphatic heterocycles. The first-order valence-electron chi connectivity index (χ1n) is 16.9. The molecule has 230 valence electrons. The molecule has 2 heterocycles. The number of rotatable bonds is 4. The molecular weight excluding hydrogens is 583 g/mol. The number of hydrogen-bond acceptors (Lipinski definition) is 3. The van der Waals surface area contributed by atoms with Crippen LogP contribution in [0.5, 0.6) is 0 Å². The summed E-state index contributed by atoms with van der Waals surface area (Å²) in [5, 5.41) is 4.89. The average Bonchev–Trinajstić information content (AvgIpc) is 3.15. The van der Waals surface area contributed by atoms with E-state index in [9.17, 15) is 0 Å². The van der Waals surface area contributed by atoms with Crippen LogP contribution in [0.25, 0.3) is 61.0 Å². The van der Waals surface area contributed by atoms with E-state index in [1.54, 1.807) is 0 Å². The number of fused-ring (bicyclic) bond motifs is 5. The van der Waals surface area contributed by atoms with Crippen molar-refractivity contribution in [1.82, 2.24) is 15.0 Å². The average molecular weight is 618 g/mol. The first kappa shape index (κ1) is 28.5. The lowest BCUT2D eigenvalue weighted by Gasteiger charge is -2.39. The van der Waals surface area contributed by atoms with Gasteiger partial charge < -0.3 is 0 Å². The Morgan fingerprint density at radius 2 is 1.38 bits per heavy atom. The molecule has 3 nitrogen and oxygen atoms in total. The molecule has 0 saturated heterocycles. The quantitative estimate of drug-likeness (QED) is 0.184. The third-order valence-corrected chi connectivity index (χ3v) is 10.4. The van der Waals surface area contributed by atoms with Crippen molar-refractivity contribution in [3.8, 4) is 33.9 Å². The third kappa shape index (κ3) is 4.69. The number of allylic oxidation sites excluding steroid dienone is 4. The van der Waals surface area contributed by atoms with E-state index in [-0.39, 0.29) is 5.41 Å². The predicted octanol–water partition coefficient (Wildman–Crippen LogP) is 11.2. The lowest BCUT2D eigenvalue weighted by Crippen LogP contribution is -2.31. The summed E-state index contributed by atoms with van der Waals surface area (Å²) in [5.74, 6) is 1.27. The second-order valence-electron chi connectivity index (χ2n) is 13.5. The lowest BCUT2D eigenvalue weighted by molar-refractivity contribution is 0.536. The Balaban J connectivity index is 1.28. The van der Waals surface area contributed by atoms with E-state index in [0.717, 1.165) is 52.4 Å². The highest BCUT2D eigenvalue weighted by Crippen LogP contribution is 2.50. The summed E-state index contributed by atoms with van der Waals surface area (Å²) >= 11 is 0. The highest BCUT2D eigenvalue weighted by Gasteiger charge is 2.39. The van der Waals surface area contributed by atoms with Crippen LogP contribution >= 0.6 is 0 Å². The molecule has 2 aliphatic rings. The smallest absolute Gasteiger partial charge is 0.160 e. The van der Waals surface area contributed by atoms with Crippen LogP contribution in [0, 0.1) is 5.92 Å². The van der Waals surface area contributed by atoms with Crippen molar-refractivity contribution in [2.45, 2.75) is 32.1 Å². The van der Waals surface area contributed by atoms with Gasteiger partial charge in [-0.2, -0.15) is 0 Å². The molecule has 2 unspecified atom stereocenters. The van der Waals surface area contributed by atoms with Crippen LogP contribution in [0.15, 0.2) is 151 Å². The summed E-state index contributed by atoms with van der Waals surface area (Å²) in [4.78, 5) is 15.4. The molecule has 0 amide bonds. The van der Waals surface area contributed by atoms with Crippen LogP contribution in [-0.2, 0) is 5.41 Å². The van der Waals surface area contributed by atoms with Gasteiger partial charge in [0.25, 0.3) is 0 Å². The zero-order chi connectivity index (χ0) is 32.2. The minimum atomic E-state index is -0.340. The Labute approximate surface area is 281 Å². The number of pyridine rings is 1. The summed E-state index contributed by atoms with van der Waals surface area (Å²) in [5.41, 5.74) is 11.4. The van der Waals surface area contributed by atoms with Crippen molar-refractivity contribution >= 4 is 27.1 Å². The van der Waals surface area contributed by atoms with Crippen molar-refractivity contribution in [2.24, 2.45) is 5.92 Å². The Bertz CT molecular complexity index is 2420. The van der Waals surface area contributed by atoms with Crippen molar-refractivity contribution < 1.29 is 0 Å². The molecule has 2 aromatic heterocycles. The Morgan fingerprint density at radius 3 is 2.21 bits per heavy atom. The normalized spacial score (nSPS) is 18.6. The van der Waals surface area contributed by atoms with E-state index in [2.05, 4.69) is 140 Å². The monoisotopic (exact) mass is 617 g/mol. The summed E-state index contributed by atoms with van der Waals surface area (Å²) < 4.78 is 0. The van der Waals surface area contributed by atoms with Gasteiger partial charge in [-0.15, -0.1) is 0 Å². The molecule has 0 N–H and O–H groups in total. The van der Waals surface area contributed by atoms with Crippen LogP contribution in [0.4, 0.5) is 0 Å². The second kappa shape index (κ2) is 11.2. The molecule has 0 bridgehead atoms. The molecule has 7 aromatic rings. The number of aromatic nitrogens is 3. The molecule has 0 radical (unpaired) electrons. The fourth-order valence-electron chi connectivity index (χ4n) is 7.87. The van der Waals surface area contributed by atoms with Crippen LogP contribution < -0.4 is 0 Å². The van der Waals surface area contributed by atoms with E-state index in [4.69, 9.17) is 9.97 Å². The van der Waals surface area contributed by atoms with E-state index < -0.39 is 0 Å².